The van der Waals surface area contributed by atoms with Crippen LogP contribution < -0.4 is 19.3 Å². The van der Waals surface area contributed by atoms with Crippen LogP contribution >= 0.6 is 0 Å². The van der Waals surface area contributed by atoms with E-state index in [2.05, 4.69) is 0 Å². The van der Waals surface area contributed by atoms with Gasteiger partial charge in [0.25, 0.3) is 5.91 Å². The highest BCUT2D eigenvalue weighted by Gasteiger charge is 2.32. The lowest BCUT2D eigenvalue weighted by molar-refractivity contribution is -0.116. The fourth-order valence-corrected chi connectivity index (χ4v) is 3.53. The predicted molar refractivity (Wildman–Crippen MR) is 97.9 cm³/mol. The van der Waals surface area contributed by atoms with Crippen LogP contribution in [0.4, 0.5) is 11.4 Å². The fourth-order valence-electron chi connectivity index (χ4n) is 3.53. The van der Waals surface area contributed by atoms with Gasteiger partial charge < -0.3 is 19.3 Å². The van der Waals surface area contributed by atoms with Gasteiger partial charge in [-0.25, -0.2) is 0 Å². The summed E-state index contributed by atoms with van der Waals surface area (Å²) < 4.78 is 10.9. The molecule has 0 saturated carbocycles. The van der Waals surface area contributed by atoms with Crippen LogP contribution in [-0.2, 0) is 4.79 Å². The van der Waals surface area contributed by atoms with Gasteiger partial charge in [0.2, 0.25) is 12.7 Å². The van der Waals surface area contributed by atoms with Crippen LogP contribution in [0.2, 0.25) is 0 Å². The molecular formula is C20H20N2O4. The zero-order chi connectivity index (χ0) is 18.3. The topological polar surface area (TPSA) is 59.1 Å². The first kappa shape index (κ1) is 16.4. The molecule has 0 radical (unpaired) electrons. The van der Waals surface area contributed by atoms with Crippen molar-refractivity contribution in [1.29, 1.82) is 0 Å². The van der Waals surface area contributed by atoms with E-state index >= 15 is 0 Å². The molecule has 2 aliphatic heterocycles. The van der Waals surface area contributed by atoms with Gasteiger partial charge in [0.15, 0.2) is 11.5 Å². The van der Waals surface area contributed by atoms with E-state index in [4.69, 9.17) is 9.47 Å². The summed E-state index contributed by atoms with van der Waals surface area (Å²) in [4.78, 5) is 29.0. The number of hydrogen-bond acceptors (Lipinski definition) is 4. The van der Waals surface area contributed by atoms with E-state index < -0.39 is 0 Å². The smallest absolute Gasteiger partial charge is 0.262 e. The van der Waals surface area contributed by atoms with Gasteiger partial charge in [0, 0.05) is 20.0 Å². The average Bonchev–Trinajstić information content (AvgIpc) is 3.06. The first-order valence-corrected chi connectivity index (χ1v) is 8.64. The van der Waals surface area contributed by atoms with Crippen LogP contribution in [0.1, 0.15) is 24.2 Å². The van der Waals surface area contributed by atoms with Crippen molar-refractivity contribution in [2.24, 2.45) is 5.92 Å². The maximum atomic E-state index is 13.4. The Morgan fingerprint density at radius 2 is 1.65 bits per heavy atom. The zero-order valence-corrected chi connectivity index (χ0v) is 14.8. The molecule has 6 heteroatoms. The van der Waals surface area contributed by atoms with Crippen LogP contribution in [-0.4, -0.2) is 31.7 Å². The maximum Gasteiger partial charge on any atom is 0.262 e. The second kappa shape index (κ2) is 6.37. The monoisotopic (exact) mass is 352 g/mol. The molecule has 0 fully saturated rings. The molecule has 0 aliphatic carbocycles. The second-order valence-corrected chi connectivity index (χ2v) is 6.68. The third-order valence-electron chi connectivity index (χ3n) is 4.70. The molecule has 26 heavy (non-hydrogen) atoms. The Bertz CT molecular complexity index is 880. The molecule has 0 saturated heterocycles. The minimum atomic E-state index is -0.156. The van der Waals surface area contributed by atoms with Crippen molar-refractivity contribution in [2.45, 2.75) is 13.8 Å². The molecule has 2 aromatic carbocycles. The number of amides is 2. The number of nitrogens with zero attached hydrogens (tertiary/aromatic N) is 2. The van der Waals surface area contributed by atoms with Crippen LogP contribution in [0.15, 0.2) is 42.5 Å². The van der Waals surface area contributed by atoms with Gasteiger partial charge in [0.05, 0.1) is 16.9 Å². The Hall–Kier alpha value is -3.02. The molecule has 0 bridgehead atoms. The standard InChI is InChI=1S/C20H20N2O4/c1-13-10-21(14(2)23)16-7-3-4-8-17(16)22(11-13)20(24)15-6-5-9-18-19(15)26-12-25-18/h3-9,13H,10-12H2,1-2H3. The van der Waals surface area contributed by atoms with E-state index in [1.807, 2.05) is 31.2 Å². The molecule has 2 amide bonds. The van der Waals surface area contributed by atoms with Crippen molar-refractivity contribution in [3.05, 3.63) is 48.0 Å². The molecule has 0 spiro atoms. The van der Waals surface area contributed by atoms with Gasteiger partial charge in [-0.05, 0) is 30.2 Å². The molecule has 1 atom stereocenters. The number of hydrogen-bond donors (Lipinski definition) is 0. The SMILES string of the molecule is CC(=O)N1CC(C)CN(C(=O)c2cccc3c2OCO3)c2ccccc21. The highest BCUT2D eigenvalue weighted by Crippen LogP contribution is 2.39. The Balaban J connectivity index is 1.80. The summed E-state index contributed by atoms with van der Waals surface area (Å²) in [6.45, 7) is 4.80. The molecule has 0 N–H and O–H groups in total. The molecule has 134 valence electrons. The highest BCUT2D eigenvalue weighted by molar-refractivity contribution is 6.11. The van der Waals surface area contributed by atoms with Gasteiger partial charge >= 0.3 is 0 Å². The number of ether oxygens (including phenoxy) is 2. The minimum Gasteiger partial charge on any atom is -0.454 e. The van der Waals surface area contributed by atoms with Crippen molar-refractivity contribution in [1.82, 2.24) is 0 Å². The third kappa shape index (κ3) is 2.67. The number of carbonyl (C=O) groups excluding carboxylic acids is 2. The summed E-state index contributed by atoms with van der Waals surface area (Å²) in [5, 5.41) is 0. The number of benzene rings is 2. The van der Waals surface area contributed by atoms with Crippen molar-refractivity contribution < 1.29 is 19.1 Å². The van der Waals surface area contributed by atoms with Crippen molar-refractivity contribution in [2.75, 3.05) is 29.7 Å². The summed E-state index contributed by atoms with van der Waals surface area (Å²) >= 11 is 0. The van der Waals surface area contributed by atoms with Crippen LogP contribution in [0.3, 0.4) is 0 Å². The van der Waals surface area contributed by atoms with Gasteiger partial charge in [-0.15, -0.1) is 0 Å². The Morgan fingerprint density at radius 3 is 2.38 bits per heavy atom. The number of rotatable bonds is 1. The fraction of sp³-hybridized carbons (Fsp3) is 0.300. The molecule has 2 heterocycles. The molecule has 6 nitrogen and oxygen atoms in total. The lowest BCUT2D eigenvalue weighted by Gasteiger charge is -2.25. The largest absolute Gasteiger partial charge is 0.454 e. The number of anilines is 2. The summed E-state index contributed by atoms with van der Waals surface area (Å²) in [7, 11) is 0. The molecule has 0 aromatic heterocycles. The van der Waals surface area contributed by atoms with Crippen LogP contribution in [0.25, 0.3) is 0 Å². The molecule has 2 aromatic rings. The molecule has 2 aliphatic rings. The number of carbonyl (C=O) groups is 2. The van der Waals surface area contributed by atoms with Crippen molar-refractivity contribution in [3.8, 4) is 11.5 Å². The Kier molecular flexibility index (Phi) is 4.03. The van der Waals surface area contributed by atoms with Gasteiger partial charge in [-0.2, -0.15) is 0 Å². The van der Waals surface area contributed by atoms with E-state index in [0.717, 1.165) is 11.4 Å². The maximum absolute atomic E-state index is 13.4. The first-order valence-electron chi connectivity index (χ1n) is 8.64. The quantitative estimate of drug-likeness (QED) is 0.791. The van der Waals surface area contributed by atoms with E-state index in [9.17, 15) is 9.59 Å². The van der Waals surface area contributed by atoms with Crippen LogP contribution in [0, 0.1) is 5.92 Å². The first-order chi connectivity index (χ1) is 12.6. The number of fused-ring (bicyclic) bond motifs is 2. The predicted octanol–water partition coefficient (Wildman–Crippen LogP) is 3.06. The summed E-state index contributed by atoms with van der Waals surface area (Å²) in [6.07, 6.45) is 0. The van der Waals surface area contributed by atoms with E-state index in [0.29, 0.717) is 30.2 Å². The lowest BCUT2D eigenvalue weighted by atomic mass is 10.1. The van der Waals surface area contributed by atoms with E-state index in [-0.39, 0.29) is 24.5 Å². The second-order valence-electron chi connectivity index (χ2n) is 6.68. The lowest BCUT2D eigenvalue weighted by Crippen LogP contribution is -2.35. The Labute approximate surface area is 151 Å². The number of para-hydroxylation sites is 3. The summed E-state index contributed by atoms with van der Waals surface area (Å²) in [5.41, 5.74) is 1.95. The van der Waals surface area contributed by atoms with Gasteiger partial charge in [0.1, 0.15) is 0 Å². The molecular weight excluding hydrogens is 332 g/mol. The Morgan fingerprint density at radius 1 is 0.962 bits per heavy atom. The minimum absolute atomic E-state index is 0.0315. The van der Waals surface area contributed by atoms with Gasteiger partial charge in [-0.3, -0.25) is 9.59 Å². The summed E-state index contributed by atoms with van der Waals surface area (Å²) in [6, 6.07) is 12.8. The molecule has 4 rings (SSSR count). The van der Waals surface area contributed by atoms with Crippen molar-refractivity contribution >= 4 is 23.2 Å². The van der Waals surface area contributed by atoms with E-state index in [1.54, 1.807) is 34.9 Å². The van der Waals surface area contributed by atoms with Gasteiger partial charge in [-0.1, -0.05) is 25.1 Å². The zero-order valence-electron chi connectivity index (χ0n) is 14.8. The normalized spacial score (nSPS) is 18.3. The third-order valence-corrected chi connectivity index (χ3v) is 4.70. The highest BCUT2D eigenvalue weighted by atomic mass is 16.7. The van der Waals surface area contributed by atoms with Crippen LogP contribution in [0.5, 0.6) is 11.5 Å². The molecule has 1 unspecified atom stereocenters. The summed E-state index contributed by atoms with van der Waals surface area (Å²) in [5.74, 6) is 1.00. The average molecular weight is 352 g/mol. The van der Waals surface area contributed by atoms with E-state index in [1.165, 1.54) is 0 Å². The van der Waals surface area contributed by atoms with Crippen molar-refractivity contribution in [3.63, 3.8) is 0 Å².